The average Bonchev–Trinajstić information content (AvgIpc) is 3.26. The average molecular weight is 469 g/mol. The van der Waals surface area contributed by atoms with Crippen LogP contribution in [0.4, 0.5) is 10.1 Å². The molecule has 1 aromatic carbocycles. The first-order chi connectivity index (χ1) is 16.3. The maximum absolute atomic E-state index is 13.7. The molecule has 0 bridgehead atoms. The second-order valence-electron chi connectivity index (χ2n) is 8.50. The molecule has 1 aliphatic heterocycles. The molecule has 3 amide bonds. The number of H-pyrrole nitrogens is 1. The number of benzene rings is 1. The lowest BCUT2D eigenvalue weighted by Gasteiger charge is -2.18. The van der Waals surface area contributed by atoms with Crippen LogP contribution in [-0.4, -0.2) is 47.2 Å². The SMILES string of the molecule is CCN(CC)C(=O)CCCCCNC(=O)c1c(C)[nH]c(/C=C2\C(=O)Nc3ccc(F)cc32)c1C. The highest BCUT2D eigenvalue weighted by Crippen LogP contribution is 2.34. The zero-order chi connectivity index (χ0) is 24.8. The van der Waals surface area contributed by atoms with E-state index < -0.39 is 5.82 Å². The highest BCUT2D eigenvalue weighted by atomic mass is 19.1. The van der Waals surface area contributed by atoms with Gasteiger partial charge in [-0.1, -0.05) is 6.42 Å². The molecule has 0 saturated heterocycles. The van der Waals surface area contributed by atoms with Crippen LogP contribution in [0.5, 0.6) is 0 Å². The minimum absolute atomic E-state index is 0.176. The fraction of sp³-hybridized carbons (Fsp3) is 0.423. The zero-order valence-corrected chi connectivity index (χ0v) is 20.3. The van der Waals surface area contributed by atoms with Crippen molar-refractivity contribution in [2.24, 2.45) is 0 Å². The van der Waals surface area contributed by atoms with Crippen molar-refractivity contribution in [3.8, 4) is 0 Å². The molecule has 2 heterocycles. The monoisotopic (exact) mass is 468 g/mol. The molecule has 0 fully saturated rings. The summed E-state index contributed by atoms with van der Waals surface area (Å²) in [5, 5.41) is 5.68. The fourth-order valence-corrected chi connectivity index (χ4v) is 4.31. The smallest absolute Gasteiger partial charge is 0.256 e. The molecule has 1 aliphatic rings. The molecule has 7 nitrogen and oxygen atoms in total. The van der Waals surface area contributed by atoms with Crippen LogP contribution >= 0.6 is 0 Å². The molecule has 0 aliphatic carbocycles. The van der Waals surface area contributed by atoms with Gasteiger partial charge in [-0.05, 0) is 70.4 Å². The highest BCUT2D eigenvalue weighted by molar-refractivity contribution is 6.34. The number of aromatic amines is 1. The summed E-state index contributed by atoms with van der Waals surface area (Å²) in [4.78, 5) is 42.3. The molecule has 3 N–H and O–H groups in total. The summed E-state index contributed by atoms with van der Waals surface area (Å²) in [6, 6.07) is 4.17. The van der Waals surface area contributed by atoms with Crippen molar-refractivity contribution in [3.05, 3.63) is 52.1 Å². The van der Waals surface area contributed by atoms with Crippen LogP contribution in [0.25, 0.3) is 11.6 Å². The molecule has 2 aromatic rings. The van der Waals surface area contributed by atoms with Crippen LogP contribution < -0.4 is 10.6 Å². The Hall–Kier alpha value is -3.42. The van der Waals surface area contributed by atoms with Crippen LogP contribution in [-0.2, 0) is 9.59 Å². The van der Waals surface area contributed by atoms with Gasteiger partial charge in [-0.25, -0.2) is 4.39 Å². The van der Waals surface area contributed by atoms with Gasteiger partial charge < -0.3 is 20.5 Å². The number of fused-ring (bicyclic) bond motifs is 1. The number of aromatic nitrogens is 1. The molecule has 182 valence electrons. The van der Waals surface area contributed by atoms with Gasteiger partial charge in [-0.3, -0.25) is 14.4 Å². The van der Waals surface area contributed by atoms with Crippen LogP contribution in [0.2, 0.25) is 0 Å². The first-order valence-electron chi connectivity index (χ1n) is 11.8. The molecule has 0 saturated carbocycles. The largest absolute Gasteiger partial charge is 0.358 e. The minimum atomic E-state index is -0.418. The number of halogens is 1. The number of nitrogens with one attached hydrogen (secondary N) is 3. The van der Waals surface area contributed by atoms with Gasteiger partial charge >= 0.3 is 0 Å². The number of nitrogens with zero attached hydrogens (tertiary/aromatic N) is 1. The Morgan fingerprint density at radius 3 is 2.56 bits per heavy atom. The molecule has 34 heavy (non-hydrogen) atoms. The number of hydrogen-bond acceptors (Lipinski definition) is 3. The Labute approximate surface area is 199 Å². The number of carbonyl (C=O) groups excluding carboxylic acids is 3. The van der Waals surface area contributed by atoms with E-state index in [1.165, 1.54) is 18.2 Å². The lowest BCUT2D eigenvalue weighted by atomic mass is 10.0. The number of anilines is 1. The van der Waals surface area contributed by atoms with Crippen LogP contribution in [0.1, 0.15) is 72.4 Å². The summed E-state index contributed by atoms with van der Waals surface area (Å²) >= 11 is 0. The summed E-state index contributed by atoms with van der Waals surface area (Å²) in [6.07, 6.45) is 4.65. The van der Waals surface area contributed by atoms with Crippen molar-refractivity contribution in [1.29, 1.82) is 0 Å². The number of unbranched alkanes of at least 4 members (excludes halogenated alkanes) is 2. The molecule has 8 heteroatoms. The predicted octanol–water partition coefficient (Wildman–Crippen LogP) is 4.42. The Morgan fingerprint density at radius 2 is 1.85 bits per heavy atom. The maximum atomic E-state index is 13.7. The molecular weight excluding hydrogens is 435 g/mol. The Kier molecular flexibility index (Phi) is 8.26. The predicted molar refractivity (Wildman–Crippen MR) is 132 cm³/mol. The molecule has 1 aromatic heterocycles. The third-order valence-electron chi connectivity index (χ3n) is 6.23. The van der Waals surface area contributed by atoms with E-state index in [9.17, 15) is 18.8 Å². The summed E-state index contributed by atoms with van der Waals surface area (Å²) in [5.41, 5.74) is 4.03. The van der Waals surface area contributed by atoms with Gasteiger partial charge in [0.15, 0.2) is 0 Å². The molecule has 3 rings (SSSR count). The van der Waals surface area contributed by atoms with Gasteiger partial charge in [0.2, 0.25) is 5.91 Å². The van der Waals surface area contributed by atoms with Crippen LogP contribution in [0, 0.1) is 19.7 Å². The van der Waals surface area contributed by atoms with Crippen LogP contribution in [0.3, 0.4) is 0 Å². The van der Waals surface area contributed by atoms with Crippen molar-refractivity contribution < 1.29 is 18.8 Å². The second kappa shape index (κ2) is 11.1. The fourth-order valence-electron chi connectivity index (χ4n) is 4.31. The first-order valence-corrected chi connectivity index (χ1v) is 11.8. The molecule has 0 spiro atoms. The third kappa shape index (κ3) is 5.55. The van der Waals surface area contributed by atoms with Gasteiger partial charge in [0.25, 0.3) is 11.8 Å². The lowest BCUT2D eigenvalue weighted by molar-refractivity contribution is -0.130. The van der Waals surface area contributed by atoms with Crippen molar-refractivity contribution in [2.45, 2.75) is 53.4 Å². The van der Waals surface area contributed by atoms with Gasteiger partial charge in [0.1, 0.15) is 5.82 Å². The lowest BCUT2D eigenvalue weighted by Crippen LogP contribution is -2.30. The first kappa shape index (κ1) is 25.2. The van der Waals surface area contributed by atoms with E-state index in [-0.39, 0.29) is 17.7 Å². The van der Waals surface area contributed by atoms with E-state index in [1.54, 1.807) is 6.08 Å². The number of aryl methyl sites for hydroxylation is 1. The maximum Gasteiger partial charge on any atom is 0.256 e. The third-order valence-corrected chi connectivity index (χ3v) is 6.23. The molecule has 0 radical (unpaired) electrons. The standard InChI is InChI=1S/C26H33FN4O3/c1-5-31(6-2)23(32)10-8-7-9-13-28-26(34)24-16(3)22(29-17(24)4)15-20-19-14-18(27)11-12-21(19)30-25(20)33/h11-12,14-15,29H,5-10,13H2,1-4H3,(H,28,34)(H,30,33)/b20-15-. The number of hydrogen-bond donors (Lipinski definition) is 3. The Morgan fingerprint density at radius 1 is 1.12 bits per heavy atom. The quantitative estimate of drug-likeness (QED) is 0.356. The van der Waals surface area contributed by atoms with E-state index in [1.807, 2.05) is 32.6 Å². The van der Waals surface area contributed by atoms with Gasteiger partial charge in [0.05, 0.1) is 11.1 Å². The van der Waals surface area contributed by atoms with E-state index in [4.69, 9.17) is 0 Å². The second-order valence-corrected chi connectivity index (χ2v) is 8.50. The van der Waals surface area contributed by atoms with Crippen molar-refractivity contribution in [1.82, 2.24) is 15.2 Å². The summed E-state index contributed by atoms with van der Waals surface area (Å²) in [7, 11) is 0. The summed E-state index contributed by atoms with van der Waals surface area (Å²) in [5.74, 6) is -0.733. The van der Waals surface area contributed by atoms with Gasteiger partial charge in [0, 0.05) is 48.7 Å². The molecular formula is C26H33FN4O3. The van der Waals surface area contributed by atoms with E-state index >= 15 is 0 Å². The topological polar surface area (TPSA) is 94.3 Å². The summed E-state index contributed by atoms with van der Waals surface area (Å²) in [6.45, 7) is 9.57. The van der Waals surface area contributed by atoms with Crippen LogP contribution in [0.15, 0.2) is 18.2 Å². The van der Waals surface area contributed by atoms with E-state index in [0.717, 1.165) is 37.9 Å². The highest BCUT2D eigenvalue weighted by Gasteiger charge is 2.26. The molecule has 0 atom stereocenters. The van der Waals surface area contributed by atoms with Gasteiger partial charge in [-0.15, -0.1) is 0 Å². The minimum Gasteiger partial charge on any atom is -0.358 e. The van der Waals surface area contributed by atoms with Crippen molar-refractivity contribution in [2.75, 3.05) is 25.0 Å². The van der Waals surface area contributed by atoms with E-state index in [0.29, 0.717) is 46.7 Å². The molecule has 0 unspecified atom stereocenters. The number of rotatable bonds is 10. The summed E-state index contributed by atoms with van der Waals surface area (Å²) < 4.78 is 13.7. The van der Waals surface area contributed by atoms with Gasteiger partial charge in [-0.2, -0.15) is 0 Å². The van der Waals surface area contributed by atoms with Crippen molar-refractivity contribution in [3.63, 3.8) is 0 Å². The number of amides is 3. The Bertz CT molecular complexity index is 1120. The van der Waals surface area contributed by atoms with Crippen molar-refractivity contribution >= 4 is 35.1 Å². The normalized spacial score (nSPS) is 13.7. The number of carbonyl (C=O) groups is 3. The Balaban J connectivity index is 1.59. The van der Waals surface area contributed by atoms with E-state index in [2.05, 4.69) is 15.6 Å². The zero-order valence-electron chi connectivity index (χ0n) is 20.3.